The van der Waals surface area contributed by atoms with Crippen molar-refractivity contribution in [2.24, 2.45) is 5.73 Å². The number of nitrogens with one attached hydrogen (secondary N) is 1. The van der Waals surface area contributed by atoms with Crippen molar-refractivity contribution in [2.45, 2.75) is 31.3 Å². The number of hydrogen-bond donors (Lipinski definition) is 2. The number of carbonyl (C=O) groups is 1. The van der Waals surface area contributed by atoms with Crippen molar-refractivity contribution in [2.75, 3.05) is 20.1 Å². The zero-order chi connectivity index (χ0) is 13.7. The number of hydrogen-bond acceptors (Lipinski definition) is 3. The van der Waals surface area contributed by atoms with Crippen LogP contribution in [0.1, 0.15) is 30.9 Å². The summed E-state index contributed by atoms with van der Waals surface area (Å²) in [7, 11) is 2.11. The van der Waals surface area contributed by atoms with E-state index in [4.69, 9.17) is 5.73 Å². The fourth-order valence-corrected chi connectivity index (χ4v) is 2.56. The Kier molecular flexibility index (Phi) is 9.62. The number of likely N-dealkylation sites (tertiary alicyclic amines) is 1. The summed E-state index contributed by atoms with van der Waals surface area (Å²) >= 11 is 0. The normalized spacial score (nSPS) is 19.2. The van der Waals surface area contributed by atoms with Crippen LogP contribution in [0.25, 0.3) is 0 Å². The highest BCUT2D eigenvalue weighted by Gasteiger charge is 2.21. The summed E-state index contributed by atoms with van der Waals surface area (Å²) in [6.07, 6.45) is 2.74. The Hall–Kier alpha value is -0.810. The smallest absolute Gasteiger partial charge is 0.221 e. The van der Waals surface area contributed by atoms with E-state index >= 15 is 0 Å². The lowest BCUT2D eigenvalue weighted by molar-refractivity contribution is -0.121. The summed E-state index contributed by atoms with van der Waals surface area (Å²) in [5.74, 6) is 0.0386. The molecule has 1 amide bonds. The van der Waals surface area contributed by atoms with E-state index in [1.165, 1.54) is 12.8 Å². The molecule has 21 heavy (non-hydrogen) atoms. The number of benzene rings is 1. The average Bonchev–Trinajstić information content (AvgIpc) is 2.83. The SMILES string of the molecule is CN1CCCC1CNC(=O)CC(N)c1ccccc1.Cl.Cl. The number of amides is 1. The van der Waals surface area contributed by atoms with Gasteiger partial charge in [-0.1, -0.05) is 30.3 Å². The van der Waals surface area contributed by atoms with Gasteiger partial charge in [0.1, 0.15) is 0 Å². The molecule has 0 aliphatic carbocycles. The molecule has 1 aromatic carbocycles. The van der Waals surface area contributed by atoms with E-state index in [0.29, 0.717) is 12.5 Å². The summed E-state index contributed by atoms with van der Waals surface area (Å²) in [5, 5.41) is 3.00. The summed E-state index contributed by atoms with van der Waals surface area (Å²) in [6.45, 7) is 1.86. The monoisotopic (exact) mass is 333 g/mol. The van der Waals surface area contributed by atoms with Crippen LogP contribution in [0.3, 0.4) is 0 Å². The van der Waals surface area contributed by atoms with Crippen LogP contribution in [-0.4, -0.2) is 37.0 Å². The van der Waals surface area contributed by atoms with Crippen molar-refractivity contribution in [3.8, 4) is 0 Å². The van der Waals surface area contributed by atoms with Gasteiger partial charge in [0.05, 0.1) is 0 Å². The van der Waals surface area contributed by atoms with Gasteiger partial charge in [-0.2, -0.15) is 0 Å². The van der Waals surface area contributed by atoms with Crippen LogP contribution >= 0.6 is 24.8 Å². The van der Waals surface area contributed by atoms with Gasteiger partial charge in [0, 0.05) is 25.0 Å². The lowest BCUT2D eigenvalue weighted by Crippen LogP contribution is -2.39. The van der Waals surface area contributed by atoms with Crippen LogP contribution in [0.2, 0.25) is 0 Å². The Morgan fingerprint density at radius 3 is 2.62 bits per heavy atom. The molecule has 2 unspecified atom stereocenters. The van der Waals surface area contributed by atoms with Crippen LogP contribution < -0.4 is 11.1 Å². The first-order valence-electron chi connectivity index (χ1n) is 6.94. The topological polar surface area (TPSA) is 58.4 Å². The second-order valence-corrected chi connectivity index (χ2v) is 5.30. The average molecular weight is 334 g/mol. The maximum absolute atomic E-state index is 11.9. The molecule has 0 spiro atoms. The summed E-state index contributed by atoms with van der Waals surface area (Å²) in [6, 6.07) is 10.0. The molecule has 0 aromatic heterocycles. The quantitative estimate of drug-likeness (QED) is 0.867. The molecule has 1 aliphatic rings. The minimum atomic E-state index is -0.220. The molecule has 3 N–H and O–H groups in total. The van der Waals surface area contributed by atoms with E-state index in [2.05, 4.69) is 17.3 Å². The zero-order valence-electron chi connectivity index (χ0n) is 12.3. The molecule has 0 radical (unpaired) electrons. The van der Waals surface area contributed by atoms with E-state index in [-0.39, 0.29) is 36.8 Å². The highest BCUT2D eigenvalue weighted by Crippen LogP contribution is 2.15. The Morgan fingerprint density at radius 2 is 2.05 bits per heavy atom. The summed E-state index contributed by atoms with van der Waals surface area (Å²) < 4.78 is 0. The van der Waals surface area contributed by atoms with Crippen LogP contribution in [0.15, 0.2) is 30.3 Å². The van der Waals surface area contributed by atoms with E-state index < -0.39 is 0 Å². The maximum Gasteiger partial charge on any atom is 0.221 e. The standard InChI is InChI=1S/C15H23N3O.2ClH/c1-18-9-5-8-13(18)11-17-15(19)10-14(16)12-6-3-2-4-7-12;;/h2-4,6-7,13-14H,5,8-11,16H2,1H3,(H,17,19);2*1H. The fraction of sp³-hybridized carbons (Fsp3) is 0.533. The number of likely N-dealkylation sites (N-methyl/N-ethyl adjacent to an activating group) is 1. The molecule has 2 rings (SSSR count). The second-order valence-electron chi connectivity index (χ2n) is 5.30. The van der Waals surface area contributed by atoms with Crippen molar-refractivity contribution in [1.29, 1.82) is 0 Å². The van der Waals surface area contributed by atoms with Gasteiger partial charge in [0.25, 0.3) is 0 Å². The van der Waals surface area contributed by atoms with Gasteiger partial charge in [-0.05, 0) is 32.0 Å². The molecule has 6 heteroatoms. The molecule has 120 valence electrons. The van der Waals surface area contributed by atoms with Crippen molar-refractivity contribution in [3.63, 3.8) is 0 Å². The molecule has 0 saturated carbocycles. The Morgan fingerprint density at radius 1 is 1.38 bits per heavy atom. The number of nitrogens with two attached hydrogens (primary N) is 1. The van der Waals surface area contributed by atoms with Gasteiger partial charge < -0.3 is 16.0 Å². The second kappa shape index (κ2) is 10.0. The number of nitrogens with zero attached hydrogens (tertiary/aromatic N) is 1. The zero-order valence-corrected chi connectivity index (χ0v) is 14.0. The maximum atomic E-state index is 11.9. The third-order valence-corrected chi connectivity index (χ3v) is 3.84. The predicted molar refractivity (Wildman–Crippen MR) is 91.1 cm³/mol. The van der Waals surface area contributed by atoms with Gasteiger partial charge in [-0.15, -0.1) is 24.8 Å². The molecule has 1 saturated heterocycles. The minimum absolute atomic E-state index is 0. The summed E-state index contributed by atoms with van der Waals surface area (Å²) in [4.78, 5) is 14.2. The largest absolute Gasteiger partial charge is 0.354 e. The molecule has 4 nitrogen and oxygen atoms in total. The Bertz CT molecular complexity index is 417. The lowest BCUT2D eigenvalue weighted by atomic mass is 10.0. The predicted octanol–water partition coefficient (Wildman–Crippen LogP) is 2.13. The highest BCUT2D eigenvalue weighted by molar-refractivity contribution is 5.85. The molecule has 2 atom stereocenters. The van der Waals surface area contributed by atoms with Crippen LogP contribution in [0, 0.1) is 0 Å². The minimum Gasteiger partial charge on any atom is -0.354 e. The van der Waals surface area contributed by atoms with Crippen LogP contribution in [0.4, 0.5) is 0 Å². The molecule has 0 bridgehead atoms. The van der Waals surface area contributed by atoms with Crippen LogP contribution in [-0.2, 0) is 4.79 Å². The van der Waals surface area contributed by atoms with Crippen molar-refractivity contribution >= 4 is 30.7 Å². The number of rotatable bonds is 5. The van der Waals surface area contributed by atoms with E-state index in [1.807, 2.05) is 30.3 Å². The summed E-state index contributed by atoms with van der Waals surface area (Å²) in [5.41, 5.74) is 7.05. The Balaban J connectivity index is 0.00000200. The van der Waals surface area contributed by atoms with E-state index in [9.17, 15) is 4.79 Å². The van der Waals surface area contributed by atoms with Crippen molar-refractivity contribution in [1.82, 2.24) is 10.2 Å². The fourth-order valence-electron chi connectivity index (χ4n) is 2.56. The number of carbonyl (C=O) groups excluding carboxylic acids is 1. The van der Waals surface area contributed by atoms with E-state index in [1.54, 1.807) is 0 Å². The van der Waals surface area contributed by atoms with Gasteiger partial charge in [-0.3, -0.25) is 4.79 Å². The van der Waals surface area contributed by atoms with Crippen molar-refractivity contribution in [3.05, 3.63) is 35.9 Å². The first kappa shape index (κ1) is 20.2. The van der Waals surface area contributed by atoms with Gasteiger partial charge in [0.2, 0.25) is 5.91 Å². The Labute approximate surface area is 139 Å². The first-order valence-corrected chi connectivity index (χ1v) is 6.94. The van der Waals surface area contributed by atoms with Crippen molar-refractivity contribution < 1.29 is 4.79 Å². The van der Waals surface area contributed by atoms with Crippen LogP contribution in [0.5, 0.6) is 0 Å². The molecular weight excluding hydrogens is 309 g/mol. The molecule has 1 aliphatic heterocycles. The molecule has 1 aromatic rings. The van der Waals surface area contributed by atoms with E-state index in [0.717, 1.165) is 18.7 Å². The molecular formula is C15H25Cl2N3O. The molecule has 1 heterocycles. The highest BCUT2D eigenvalue weighted by atomic mass is 35.5. The van der Waals surface area contributed by atoms with Gasteiger partial charge in [-0.25, -0.2) is 0 Å². The third-order valence-electron chi connectivity index (χ3n) is 3.84. The third kappa shape index (κ3) is 6.22. The van der Waals surface area contributed by atoms with Gasteiger partial charge in [0.15, 0.2) is 0 Å². The van der Waals surface area contributed by atoms with Gasteiger partial charge >= 0.3 is 0 Å². The first-order chi connectivity index (χ1) is 9.16. The molecule has 1 fully saturated rings. The number of halogens is 2. The lowest BCUT2D eigenvalue weighted by Gasteiger charge is -2.20.